The Labute approximate surface area is 53.6 Å². The zero-order valence-electron chi connectivity index (χ0n) is 5.00. The van der Waals surface area contributed by atoms with Gasteiger partial charge in [-0.3, -0.25) is 9.59 Å². The van der Waals surface area contributed by atoms with Crippen LogP contribution in [0.2, 0.25) is 6.82 Å². The van der Waals surface area contributed by atoms with Gasteiger partial charge in [0.1, 0.15) is 0 Å². The number of imide groups is 1. The molecule has 0 N–H and O–H groups in total. The van der Waals surface area contributed by atoms with Crippen LogP contribution in [0.25, 0.3) is 0 Å². The van der Waals surface area contributed by atoms with E-state index >= 15 is 0 Å². The normalized spacial score (nSPS) is 17.2. The van der Waals surface area contributed by atoms with Gasteiger partial charge in [0.25, 0.3) is 7.41 Å². The number of amides is 2. The van der Waals surface area contributed by atoms with Crippen molar-refractivity contribution in [3.8, 4) is 0 Å². The maximum absolute atomic E-state index is 10.6. The van der Waals surface area contributed by atoms with Crippen molar-refractivity contribution in [1.82, 2.24) is 4.81 Å². The Hall–Kier alpha value is -1.06. The average molecular weight is 122 g/mol. The highest BCUT2D eigenvalue weighted by Gasteiger charge is 2.20. The number of nitrogens with zero attached hydrogens (tertiary/aromatic N) is 1. The largest absolute Gasteiger partial charge is 0.327 e. The van der Waals surface area contributed by atoms with Crippen molar-refractivity contribution in [2.24, 2.45) is 0 Å². The van der Waals surface area contributed by atoms with Gasteiger partial charge in [0.15, 0.2) is 0 Å². The predicted octanol–water partition coefficient (Wildman–Crippen LogP) is -0.421. The Morgan fingerprint density at radius 2 is 1.78 bits per heavy atom. The summed E-state index contributed by atoms with van der Waals surface area (Å²) in [7, 11) is 1.45. The third kappa shape index (κ3) is 0.873. The fourth-order valence-corrected chi connectivity index (χ4v) is 0.666. The molecule has 0 aromatic rings. The molecule has 1 radical (unpaired) electrons. The summed E-state index contributed by atoms with van der Waals surface area (Å²) in [4.78, 5) is 22.3. The van der Waals surface area contributed by atoms with Crippen LogP contribution in [0.5, 0.6) is 0 Å². The molecule has 0 fully saturated rings. The van der Waals surface area contributed by atoms with Crippen LogP contribution in [-0.2, 0) is 9.59 Å². The monoisotopic (exact) mass is 122 g/mol. The molecule has 0 saturated heterocycles. The van der Waals surface area contributed by atoms with Gasteiger partial charge in [-0.25, -0.2) is 0 Å². The van der Waals surface area contributed by atoms with Crippen molar-refractivity contribution in [1.29, 1.82) is 0 Å². The van der Waals surface area contributed by atoms with Crippen LogP contribution in [0.15, 0.2) is 12.2 Å². The van der Waals surface area contributed by atoms with Crippen LogP contribution in [-0.4, -0.2) is 24.0 Å². The van der Waals surface area contributed by atoms with Gasteiger partial charge in [-0.2, -0.15) is 0 Å². The van der Waals surface area contributed by atoms with Crippen molar-refractivity contribution >= 4 is 19.2 Å². The van der Waals surface area contributed by atoms with Crippen molar-refractivity contribution in [3.05, 3.63) is 12.2 Å². The molecule has 9 heavy (non-hydrogen) atoms. The van der Waals surface area contributed by atoms with Gasteiger partial charge < -0.3 is 4.81 Å². The Morgan fingerprint density at radius 1 is 1.33 bits per heavy atom. The third-order valence-electron chi connectivity index (χ3n) is 1.10. The molecule has 1 aliphatic heterocycles. The molecule has 1 rings (SSSR count). The summed E-state index contributed by atoms with van der Waals surface area (Å²) < 4.78 is 0. The van der Waals surface area contributed by atoms with Crippen molar-refractivity contribution < 1.29 is 9.59 Å². The van der Waals surface area contributed by atoms with Crippen LogP contribution >= 0.6 is 0 Å². The molecule has 0 atom stereocenters. The Balaban J connectivity index is 2.75. The van der Waals surface area contributed by atoms with E-state index in [-0.39, 0.29) is 11.8 Å². The number of carbonyl (C=O) groups excluding carboxylic acids is 2. The molecule has 0 aliphatic carbocycles. The molecule has 4 heteroatoms. The molecule has 0 aromatic heterocycles. The topological polar surface area (TPSA) is 37.4 Å². The zero-order valence-corrected chi connectivity index (χ0v) is 5.00. The molecule has 0 bridgehead atoms. The first kappa shape index (κ1) is 6.07. The van der Waals surface area contributed by atoms with Gasteiger partial charge in [-0.05, 0) is 0 Å². The van der Waals surface area contributed by atoms with Crippen LogP contribution in [0.4, 0.5) is 0 Å². The molecule has 0 aromatic carbocycles. The van der Waals surface area contributed by atoms with E-state index in [1.54, 1.807) is 6.82 Å². The highest BCUT2D eigenvalue weighted by Crippen LogP contribution is 1.99. The molecule has 3 nitrogen and oxygen atoms in total. The maximum Gasteiger partial charge on any atom is 0.257 e. The van der Waals surface area contributed by atoms with E-state index < -0.39 is 0 Å². The lowest BCUT2D eigenvalue weighted by molar-refractivity contribution is -0.131. The molecular weight excluding hydrogens is 117 g/mol. The number of rotatable bonds is 1. The molecule has 0 unspecified atom stereocenters. The van der Waals surface area contributed by atoms with Gasteiger partial charge >= 0.3 is 0 Å². The van der Waals surface area contributed by atoms with E-state index in [1.165, 1.54) is 19.6 Å². The minimum Gasteiger partial charge on any atom is -0.327 e. The Morgan fingerprint density at radius 3 is 2.00 bits per heavy atom. The van der Waals surface area contributed by atoms with Gasteiger partial charge in [0.2, 0.25) is 11.8 Å². The molecular formula is C5H5BNO2. The summed E-state index contributed by atoms with van der Waals surface area (Å²) in [6.45, 7) is 1.64. The lowest BCUT2D eigenvalue weighted by Gasteiger charge is -2.07. The number of carbonyl (C=O) groups is 2. The summed E-state index contributed by atoms with van der Waals surface area (Å²) in [6.07, 6.45) is 2.50. The van der Waals surface area contributed by atoms with Crippen molar-refractivity contribution in [2.45, 2.75) is 6.82 Å². The van der Waals surface area contributed by atoms with Crippen LogP contribution in [0.1, 0.15) is 0 Å². The standard InChI is InChI=1S/C5H5BNO2/c1-6-7-4(8)2-3-5(7)9/h2-3H,1H3. The average Bonchev–Trinajstić information content (AvgIpc) is 2.12. The Kier molecular flexibility index (Phi) is 1.38. The first-order chi connectivity index (χ1) is 4.25. The smallest absolute Gasteiger partial charge is 0.257 e. The van der Waals surface area contributed by atoms with Crippen LogP contribution < -0.4 is 0 Å². The summed E-state index contributed by atoms with van der Waals surface area (Å²) >= 11 is 0. The van der Waals surface area contributed by atoms with Gasteiger partial charge in [-0.1, -0.05) is 6.82 Å². The summed E-state index contributed by atoms with van der Waals surface area (Å²) in [5.74, 6) is -0.523. The molecule has 1 heterocycles. The van der Waals surface area contributed by atoms with Crippen molar-refractivity contribution in [2.75, 3.05) is 0 Å². The van der Waals surface area contributed by atoms with Gasteiger partial charge in [0, 0.05) is 12.2 Å². The fraction of sp³-hybridized carbons (Fsp3) is 0.200. The lowest BCUT2D eigenvalue weighted by Crippen LogP contribution is -2.31. The SMILES string of the molecule is C[B]N1C(=O)C=CC1=O. The summed E-state index contributed by atoms with van der Waals surface area (Å²) in [5.41, 5.74) is 0. The van der Waals surface area contributed by atoms with E-state index in [0.717, 1.165) is 4.81 Å². The Bertz CT molecular complexity index is 169. The third-order valence-corrected chi connectivity index (χ3v) is 1.10. The summed E-state index contributed by atoms with van der Waals surface area (Å²) in [5, 5.41) is 0. The highest BCUT2D eigenvalue weighted by molar-refractivity contribution is 6.44. The number of hydrogen-bond donors (Lipinski definition) is 0. The van der Waals surface area contributed by atoms with E-state index in [4.69, 9.17) is 0 Å². The maximum atomic E-state index is 10.6. The van der Waals surface area contributed by atoms with Gasteiger partial charge in [-0.15, -0.1) is 0 Å². The number of hydrogen-bond acceptors (Lipinski definition) is 2. The van der Waals surface area contributed by atoms with Gasteiger partial charge in [0.05, 0.1) is 0 Å². The minimum atomic E-state index is -0.262. The van der Waals surface area contributed by atoms with E-state index in [0.29, 0.717) is 0 Å². The predicted molar refractivity (Wildman–Crippen MR) is 32.6 cm³/mol. The second-order valence-electron chi connectivity index (χ2n) is 1.64. The lowest BCUT2D eigenvalue weighted by atomic mass is 9.97. The second-order valence-corrected chi connectivity index (χ2v) is 1.64. The molecule has 2 amide bonds. The zero-order chi connectivity index (χ0) is 6.85. The first-order valence-corrected chi connectivity index (χ1v) is 2.60. The molecule has 1 aliphatic rings. The van der Waals surface area contributed by atoms with E-state index in [1.807, 2.05) is 0 Å². The highest BCUT2D eigenvalue weighted by atomic mass is 16.2. The van der Waals surface area contributed by atoms with E-state index in [9.17, 15) is 9.59 Å². The summed E-state index contributed by atoms with van der Waals surface area (Å²) in [6, 6.07) is 0. The minimum absolute atomic E-state index is 0.262. The van der Waals surface area contributed by atoms with Crippen LogP contribution in [0.3, 0.4) is 0 Å². The molecule has 0 saturated carbocycles. The van der Waals surface area contributed by atoms with Crippen LogP contribution in [0, 0.1) is 0 Å². The quantitative estimate of drug-likeness (QED) is 0.349. The van der Waals surface area contributed by atoms with Crippen molar-refractivity contribution in [3.63, 3.8) is 0 Å². The molecule has 45 valence electrons. The fourth-order valence-electron chi connectivity index (χ4n) is 0.666. The second kappa shape index (κ2) is 2.05. The van der Waals surface area contributed by atoms with E-state index in [2.05, 4.69) is 0 Å². The first-order valence-electron chi connectivity index (χ1n) is 2.60. The molecule has 0 spiro atoms.